The van der Waals surface area contributed by atoms with Crippen LogP contribution in [0.25, 0.3) is 5.95 Å². The third-order valence-corrected chi connectivity index (χ3v) is 2.58. The molecule has 0 spiro atoms. The topological polar surface area (TPSA) is 104 Å². The van der Waals surface area contributed by atoms with Crippen LogP contribution < -0.4 is 11.1 Å². The Morgan fingerprint density at radius 1 is 1.37 bits per heavy atom. The van der Waals surface area contributed by atoms with Crippen molar-refractivity contribution in [2.75, 3.05) is 24.7 Å². The molecule has 0 saturated heterocycles. The molecule has 2 rings (SSSR count). The summed E-state index contributed by atoms with van der Waals surface area (Å²) in [4.78, 5) is 12.3. The molecule has 0 aromatic carbocycles. The first-order chi connectivity index (χ1) is 9.00. The molecule has 8 heteroatoms. The molecule has 19 heavy (non-hydrogen) atoms. The van der Waals surface area contributed by atoms with Gasteiger partial charge in [-0.3, -0.25) is 0 Å². The van der Waals surface area contributed by atoms with Gasteiger partial charge in [0.05, 0.1) is 5.60 Å². The van der Waals surface area contributed by atoms with Crippen molar-refractivity contribution < 1.29 is 4.74 Å². The fourth-order valence-electron chi connectivity index (χ4n) is 1.31. The van der Waals surface area contributed by atoms with Gasteiger partial charge in [-0.1, -0.05) is 0 Å². The van der Waals surface area contributed by atoms with E-state index in [1.807, 2.05) is 13.8 Å². The van der Waals surface area contributed by atoms with E-state index in [1.54, 1.807) is 25.6 Å². The van der Waals surface area contributed by atoms with E-state index in [4.69, 9.17) is 10.5 Å². The molecule has 0 aliphatic rings. The summed E-state index contributed by atoms with van der Waals surface area (Å²) in [5.41, 5.74) is 5.34. The van der Waals surface area contributed by atoms with E-state index in [0.29, 0.717) is 18.4 Å². The first-order valence-corrected chi connectivity index (χ1v) is 5.81. The molecule has 0 amide bonds. The van der Waals surface area contributed by atoms with Gasteiger partial charge in [-0.2, -0.15) is 20.1 Å². The maximum Gasteiger partial charge on any atom is 0.257 e. The van der Waals surface area contributed by atoms with Gasteiger partial charge in [0.2, 0.25) is 11.9 Å². The largest absolute Gasteiger partial charge is 0.377 e. The Morgan fingerprint density at radius 2 is 2.16 bits per heavy atom. The molecule has 0 aliphatic heterocycles. The van der Waals surface area contributed by atoms with Gasteiger partial charge in [0, 0.05) is 26.0 Å². The standard InChI is InChI=1S/C11H17N7O/c1-11(2,19-3)7-13-9-15-8(12)16-10(17-9)18-6-4-5-14-18/h4-6H,7H2,1-3H3,(H3,12,13,15,16,17). The molecule has 0 unspecified atom stereocenters. The Hall–Kier alpha value is -2.22. The van der Waals surface area contributed by atoms with E-state index in [0.717, 1.165) is 0 Å². The second-order valence-corrected chi connectivity index (χ2v) is 4.59. The Balaban J connectivity index is 2.18. The monoisotopic (exact) mass is 263 g/mol. The lowest BCUT2D eigenvalue weighted by Crippen LogP contribution is -2.32. The maximum absolute atomic E-state index is 5.66. The van der Waals surface area contributed by atoms with Crippen LogP contribution in [0.15, 0.2) is 18.5 Å². The molecule has 2 aromatic rings. The predicted octanol–water partition coefficient (Wildman–Crippen LogP) is 0.476. The number of nitrogens with two attached hydrogens (primary N) is 1. The lowest BCUT2D eigenvalue weighted by atomic mass is 10.1. The number of aromatic nitrogens is 5. The molecule has 0 aliphatic carbocycles. The van der Waals surface area contributed by atoms with Gasteiger partial charge in [0.25, 0.3) is 5.95 Å². The van der Waals surface area contributed by atoms with Crippen molar-refractivity contribution in [2.24, 2.45) is 0 Å². The van der Waals surface area contributed by atoms with Crippen molar-refractivity contribution in [1.29, 1.82) is 0 Å². The molecule has 0 saturated carbocycles. The van der Waals surface area contributed by atoms with E-state index in [2.05, 4.69) is 25.4 Å². The lowest BCUT2D eigenvalue weighted by Gasteiger charge is -2.23. The Kier molecular flexibility index (Phi) is 3.61. The van der Waals surface area contributed by atoms with Gasteiger partial charge in [-0.05, 0) is 19.9 Å². The van der Waals surface area contributed by atoms with Gasteiger partial charge in [0.1, 0.15) is 0 Å². The van der Waals surface area contributed by atoms with Crippen LogP contribution in [-0.2, 0) is 4.74 Å². The molecule has 0 bridgehead atoms. The third kappa shape index (κ3) is 3.38. The van der Waals surface area contributed by atoms with Crippen LogP contribution >= 0.6 is 0 Å². The first-order valence-electron chi connectivity index (χ1n) is 5.81. The molecule has 102 valence electrons. The van der Waals surface area contributed by atoms with Crippen LogP contribution in [0.1, 0.15) is 13.8 Å². The fraction of sp³-hybridized carbons (Fsp3) is 0.455. The van der Waals surface area contributed by atoms with Crippen molar-refractivity contribution >= 4 is 11.9 Å². The molecular weight excluding hydrogens is 246 g/mol. The van der Waals surface area contributed by atoms with Crippen molar-refractivity contribution in [3.63, 3.8) is 0 Å². The minimum atomic E-state index is -0.326. The zero-order chi connectivity index (χ0) is 13.9. The second-order valence-electron chi connectivity index (χ2n) is 4.59. The number of nitrogen functional groups attached to an aromatic ring is 1. The molecule has 0 radical (unpaired) electrons. The highest BCUT2D eigenvalue weighted by molar-refractivity contribution is 5.35. The number of methoxy groups -OCH3 is 1. The summed E-state index contributed by atoms with van der Waals surface area (Å²) in [6.45, 7) is 4.46. The van der Waals surface area contributed by atoms with Gasteiger partial charge in [-0.15, -0.1) is 0 Å². The summed E-state index contributed by atoms with van der Waals surface area (Å²) in [6, 6.07) is 1.78. The van der Waals surface area contributed by atoms with E-state index in [9.17, 15) is 0 Å². The van der Waals surface area contributed by atoms with E-state index in [-0.39, 0.29) is 11.5 Å². The number of rotatable bonds is 5. The third-order valence-electron chi connectivity index (χ3n) is 2.58. The predicted molar refractivity (Wildman–Crippen MR) is 70.9 cm³/mol. The molecule has 2 aromatic heterocycles. The molecule has 2 heterocycles. The van der Waals surface area contributed by atoms with Gasteiger partial charge in [0.15, 0.2) is 0 Å². The average Bonchev–Trinajstić information content (AvgIpc) is 2.90. The Labute approximate surface area is 111 Å². The SMILES string of the molecule is COC(C)(C)CNc1nc(N)nc(-n2cccn2)n1. The van der Waals surface area contributed by atoms with Crippen LogP contribution in [0.3, 0.4) is 0 Å². The van der Waals surface area contributed by atoms with E-state index in [1.165, 1.54) is 4.68 Å². The smallest absolute Gasteiger partial charge is 0.257 e. The summed E-state index contributed by atoms with van der Waals surface area (Å²) < 4.78 is 6.83. The highest BCUT2D eigenvalue weighted by Crippen LogP contribution is 2.10. The van der Waals surface area contributed by atoms with Gasteiger partial charge in [-0.25, -0.2) is 4.68 Å². The second kappa shape index (κ2) is 5.19. The van der Waals surface area contributed by atoms with E-state index >= 15 is 0 Å². The Bertz CT molecular complexity index is 538. The summed E-state index contributed by atoms with van der Waals surface area (Å²) >= 11 is 0. The minimum absolute atomic E-state index is 0.137. The van der Waals surface area contributed by atoms with Crippen LogP contribution in [0.5, 0.6) is 0 Å². The quantitative estimate of drug-likeness (QED) is 0.808. The zero-order valence-electron chi connectivity index (χ0n) is 11.2. The molecule has 3 N–H and O–H groups in total. The van der Waals surface area contributed by atoms with Crippen molar-refractivity contribution in [1.82, 2.24) is 24.7 Å². The number of nitrogens with one attached hydrogen (secondary N) is 1. The van der Waals surface area contributed by atoms with Crippen LogP contribution in [-0.4, -0.2) is 44.0 Å². The summed E-state index contributed by atoms with van der Waals surface area (Å²) in [5.74, 6) is 0.900. The number of hydrogen-bond donors (Lipinski definition) is 2. The van der Waals surface area contributed by atoms with E-state index < -0.39 is 0 Å². The Morgan fingerprint density at radius 3 is 2.79 bits per heavy atom. The first kappa shape index (κ1) is 13.2. The van der Waals surface area contributed by atoms with Crippen LogP contribution in [0.2, 0.25) is 0 Å². The number of anilines is 2. The number of hydrogen-bond acceptors (Lipinski definition) is 7. The lowest BCUT2D eigenvalue weighted by molar-refractivity contribution is 0.0342. The fourth-order valence-corrected chi connectivity index (χ4v) is 1.31. The minimum Gasteiger partial charge on any atom is -0.377 e. The summed E-state index contributed by atoms with van der Waals surface area (Å²) in [5, 5.41) is 7.12. The molecular formula is C11H17N7O. The van der Waals surface area contributed by atoms with Crippen molar-refractivity contribution in [3.05, 3.63) is 18.5 Å². The zero-order valence-corrected chi connectivity index (χ0v) is 11.2. The maximum atomic E-state index is 5.66. The number of nitrogens with zero attached hydrogens (tertiary/aromatic N) is 5. The summed E-state index contributed by atoms with van der Waals surface area (Å²) in [7, 11) is 1.65. The molecule has 0 atom stereocenters. The van der Waals surface area contributed by atoms with Crippen LogP contribution in [0, 0.1) is 0 Å². The van der Waals surface area contributed by atoms with Crippen LogP contribution in [0.4, 0.5) is 11.9 Å². The van der Waals surface area contributed by atoms with Crippen molar-refractivity contribution in [2.45, 2.75) is 19.4 Å². The summed E-state index contributed by atoms with van der Waals surface area (Å²) in [6.07, 6.45) is 3.37. The normalized spacial score (nSPS) is 11.5. The highest BCUT2D eigenvalue weighted by Gasteiger charge is 2.17. The molecule has 8 nitrogen and oxygen atoms in total. The number of ether oxygens (including phenoxy) is 1. The van der Waals surface area contributed by atoms with Gasteiger partial charge >= 0.3 is 0 Å². The molecule has 0 fully saturated rings. The van der Waals surface area contributed by atoms with Crippen molar-refractivity contribution in [3.8, 4) is 5.95 Å². The average molecular weight is 263 g/mol. The van der Waals surface area contributed by atoms with Gasteiger partial charge < -0.3 is 15.8 Å². The highest BCUT2D eigenvalue weighted by atomic mass is 16.5.